The van der Waals surface area contributed by atoms with Crippen LogP contribution in [0.5, 0.6) is 0 Å². The van der Waals surface area contributed by atoms with E-state index in [1.165, 1.54) is 16.5 Å². The van der Waals surface area contributed by atoms with Crippen molar-refractivity contribution in [2.24, 2.45) is 5.92 Å². The van der Waals surface area contributed by atoms with Gasteiger partial charge in [0.1, 0.15) is 18.1 Å². The van der Waals surface area contributed by atoms with Crippen LogP contribution in [0.3, 0.4) is 0 Å². The zero-order valence-corrected chi connectivity index (χ0v) is 14.2. The molecule has 0 aliphatic heterocycles. The fourth-order valence-corrected chi connectivity index (χ4v) is 3.16. The Kier molecular flexibility index (Phi) is 4.03. The first-order valence-electron chi connectivity index (χ1n) is 8.43. The molecule has 2 heterocycles. The number of carbonyl (C=O) groups excluding carboxylic acids is 1. The summed E-state index contributed by atoms with van der Waals surface area (Å²) < 4.78 is 20.5. The molecule has 6 heteroatoms. The van der Waals surface area contributed by atoms with Crippen molar-refractivity contribution in [3.05, 3.63) is 81.7 Å². The van der Waals surface area contributed by atoms with Gasteiger partial charge in [0.25, 0.3) is 5.56 Å². The summed E-state index contributed by atoms with van der Waals surface area (Å²) in [5.41, 5.74) is 2.18. The number of aromatic nitrogens is 2. The fourth-order valence-electron chi connectivity index (χ4n) is 3.16. The third-order valence-electron chi connectivity index (χ3n) is 4.62. The highest BCUT2D eigenvalue weighted by Crippen LogP contribution is 2.48. The van der Waals surface area contributed by atoms with Gasteiger partial charge in [0.2, 0.25) is 0 Å². The highest BCUT2D eigenvalue weighted by atomic mass is 19.1. The van der Waals surface area contributed by atoms with Crippen LogP contribution in [0.1, 0.15) is 29.2 Å². The van der Waals surface area contributed by atoms with Gasteiger partial charge in [-0.05, 0) is 36.6 Å². The van der Waals surface area contributed by atoms with E-state index in [0.717, 1.165) is 5.56 Å². The lowest BCUT2D eigenvalue weighted by molar-refractivity contribution is -0.146. The van der Waals surface area contributed by atoms with Crippen LogP contribution in [-0.2, 0) is 16.1 Å². The Morgan fingerprint density at radius 3 is 2.92 bits per heavy atom. The van der Waals surface area contributed by atoms with Crippen molar-refractivity contribution < 1.29 is 13.9 Å². The van der Waals surface area contributed by atoms with E-state index in [1.807, 2.05) is 13.0 Å². The predicted molar refractivity (Wildman–Crippen MR) is 93.2 cm³/mol. The summed E-state index contributed by atoms with van der Waals surface area (Å²) in [6, 6.07) is 11.4. The molecule has 1 fully saturated rings. The molecule has 0 radical (unpaired) electrons. The number of benzene rings is 1. The topological polar surface area (TPSA) is 60.7 Å². The lowest BCUT2D eigenvalue weighted by atomic mass is 10.1. The number of ether oxygens (including phenoxy) is 1. The van der Waals surface area contributed by atoms with Crippen molar-refractivity contribution in [3.63, 3.8) is 0 Å². The highest BCUT2D eigenvalue weighted by Gasteiger charge is 2.46. The van der Waals surface area contributed by atoms with E-state index in [9.17, 15) is 14.0 Å². The molecule has 0 spiro atoms. The number of halogens is 1. The molecule has 0 amide bonds. The summed E-state index contributed by atoms with van der Waals surface area (Å²) in [5.74, 6) is -1.16. The third-order valence-corrected chi connectivity index (χ3v) is 4.62. The first-order valence-corrected chi connectivity index (χ1v) is 8.43. The maximum absolute atomic E-state index is 13.8. The lowest BCUT2D eigenvalue weighted by Crippen LogP contribution is -2.17. The average Bonchev–Trinajstić information content (AvgIpc) is 3.41. The number of nitrogens with zero attached hydrogens (tertiary/aromatic N) is 2. The van der Waals surface area contributed by atoms with Gasteiger partial charge in [0, 0.05) is 18.2 Å². The molecule has 132 valence electrons. The Morgan fingerprint density at radius 1 is 1.31 bits per heavy atom. The third kappa shape index (κ3) is 3.10. The van der Waals surface area contributed by atoms with Crippen LogP contribution in [-0.4, -0.2) is 15.4 Å². The quantitative estimate of drug-likeness (QED) is 0.677. The summed E-state index contributed by atoms with van der Waals surface area (Å²) in [7, 11) is 0. The second-order valence-electron chi connectivity index (χ2n) is 6.60. The molecule has 0 bridgehead atoms. The Hall–Kier alpha value is -3.02. The number of hydrogen-bond donors (Lipinski definition) is 0. The van der Waals surface area contributed by atoms with Gasteiger partial charge >= 0.3 is 5.97 Å². The molecular weight excluding hydrogens is 335 g/mol. The molecular formula is C20H17FN2O3. The second kappa shape index (κ2) is 6.37. The fraction of sp³-hybridized carbons (Fsp3) is 0.250. The monoisotopic (exact) mass is 352 g/mol. The van der Waals surface area contributed by atoms with Crippen molar-refractivity contribution in [3.8, 4) is 0 Å². The Balaban J connectivity index is 1.44. The van der Waals surface area contributed by atoms with E-state index in [-0.39, 0.29) is 35.8 Å². The van der Waals surface area contributed by atoms with E-state index < -0.39 is 0 Å². The molecule has 2 aromatic heterocycles. The van der Waals surface area contributed by atoms with Crippen LogP contribution in [0.25, 0.3) is 5.65 Å². The molecule has 1 aliphatic rings. The van der Waals surface area contributed by atoms with Crippen LogP contribution in [0, 0.1) is 18.7 Å². The standard InChI is InChI=1S/C20H17FN2O3/c1-12-6-7-18-22-13(8-19(24)23(18)10-12)11-26-20(25)16-9-15(16)14-4-2-3-5-17(14)21/h2-8,10,15-16H,9,11H2,1H3. The van der Waals surface area contributed by atoms with Gasteiger partial charge < -0.3 is 4.74 Å². The first-order chi connectivity index (χ1) is 12.5. The number of rotatable bonds is 4. The largest absolute Gasteiger partial charge is 0.459 e. The molecule has 1 saturated carbocycles. The summed E-state index contributed by atoms with van der Waals surface area (Å²) in [4.78, 5) is 28.7. The summed E-state index contributed by atoms with van der Waals surface area (Å²) in [6.07, 6.45) is 2.29. The van der Waals surface area contributed by atoms with Gasteiger partial charge in [-0.25, -0.2) is 9.37 Å². The molecule has 0 saturated heterocycles. The number of fused-ring (bicyclic) bond motifs is 1. The molecule has 3 aromatic rings. The molecule has 2 unspecified atom stereocenters. The van der Waals surface area contributed by atoms with Gasteiger partial charge in [-0.15, -0.1) is 0 Å². The molecule has 4 rings (SSSR count). The minimum Gasteiger partial charge on any atom is -0.459 e. The molecule has 26 heavy (non-hydrogen) atoms. The van der Waals surface area contributed by atoms with Gasteiger partial charge in [0.05, 0.1) is 11.6 Å². The Morgan fingerprint density at radius 2 is 2.12 bits per heavy atom. The van der Waals surface area contributed by atoms with Crippen LogP contribution in [0.2, 0.25) is 0 Å². The van der Waals surface area contributed by atoms with Crippen molar-refractivity contribution in [1.82, 2.24) is 9.38 Å². The van der Waals surface area contributed by atoms with Crippen molar-refractivity contribution in [1.29, 1.82) is 0 Å². The summed E-state index contributed by atoms with van der Waals surface area (Å²) in [6.45, 7) is 1.82. The SMILES string of the molecule is Cc1ccc2nc(COC(=O)C3CC3c3ccccc3F)cc(=O)n2c1. The molecule has 5 nitrogen and oxygen atoms in total. The van der Waals surface area contributed by atoms with E-state index in [0.29, 0.717) is 23.3 Å². The van der Waals surface area contributed by atoms with E-state index in [2.05, 4.69) is 4.98 Å². The van der Waals surface area contributed by atoms with Gasteiger partial charge in [0.15, 0.2) is 0 Å². The predicted octanol–water partition coefficient (Wildman–Crippen LogP) is 2.99. The molecule has 2 atom stereocenters. The molecule has 1 aromatic carbocycles. The summed E-state index contributed by atoms with van der Waals surface area (Å²) in [5, 5.41) is 0. The van der Waals surface area contributed by atoms with Crippen molar-refractivity contribution >= 4 is 11.6 Å². The molecule has 1 aliphatic carbocycles. The normalized spacial score (nSPS) is 18.7. The van der Waals surface area contributed by atoms with Crippen molar-refractivity contribution in [2.75, 3.05) is 0 Å². The lowest BCUT2D eigenvalue weighted by Gasteiger charge is -2.07. The van der Waals surface area contributed by atoms with Crippen LogP contribution < -0.4 is 5.56 Å². The van der Waals surface area contributed by atoms with Gasteiger partial charge in [-0.3, -0.25) is 14.0 Å². The molecule has 0 N–H and O–H groups in total. The Bertz CT molecular complexity index is 1060. The number of aryl methyl sites for hydroxylation is 1. The van der Waals surface area contributed by atoms with E-state index in [1.54, 1.807) is 30.5 Å². The number of esters is 1. The van der Waals surface area contributed by atoms with E-state index in [4.69, 9.17) is 4.74 Å². The number of pyridine rings is 1. The zero-order valence-electron chi connectivity index (χ0n) is 14.2. The second-order valence-corrected chi connectivity index (χ2v) is 6.60. The van der Waals surface area contributed by atoms with Crippen LogP contribution >= 0.6 is 0 Å². The number of carbonyl (C=O) groups is 1. The average molecular weight is 352 g/mol. The minimum atomic E-state index is -0.385. The minimum absolute atomic E-state index is 0.0705. The smallest absolute Gasteiger partial charge is 0.309 e. The van der Waals surface area contributed by atoms with Crippen molar-refractivity contribution in [2.45, 2.75) is 25.9 Å². The first kappa shape index (κ1) is 16.4. The maximum Gasteiger partial charge on any atom is 0.309 e. The van der Waals surface area contributed by atoms with E-state index >= 15 is 0 Å². The van der Waals surface area contributed by atoms with Gasteiger partial charge in [-0.2, -0.15) is 0 Å². The maximum atomic E-state index is 13.8. The summed E-state index contributed by atoms with van der Waals surface area (Å²) >= 11 is 0. The van der Waals surface area contributed by atoms with Gasteiger partial charge in [-0.1, -0.05) is 24.3 Å². The zero-order chi connectivity index (χ0) is 18.3. The van der Waals surface area contributed by atoms with Crippen LogP contribution in [0.15, 0.2) is 53.5 Å². The van der Waals surface area contributed by atoms with Crippen LogP contribution in [0.4, 0.5) is 4.39 Å². The number of hydrogen-bond acceptors (Lipinski definition) is 4. The Labute approximate surface area is 149 Å². The highest BCUT2D eigenvalue weighted by molar-refractivity contribution is 5.77.